The van der Waals surface area contributed by atoms with Crippen LogP contribution in [-0.4, -0.2) is 33.2 Å². The minimum atomic E-state index is -0.782. The van der Waals surface area contributed by atoms with Crippen LogP contribution in [0.5, 0.6) is 0 Å². The van der Waals surface area contributed by atoms with Gasteiger partial charge in [0.2, 0.25) is 0 Å². The first kappa shape index (κ1) is 13.7. The lowest BCUT2D eigenvalue weighted by molar-refractivity contribution is -0.137. The van der Waals surface area contributed by atoms with Crippen LogP contribution in [0.2, 0.25) is 0 Å². The third-order valence-corrected chi connectivity index (χ3v) is 2.57. The van der Waals surface area contributed by atoms with Crippen LogP contribution in [0.4, 0.5) is 0 Å². The predicted molar refractivity (Wildman–Crippen MR) is 63.7 cm³/mol. The van der Waals surface area contributed by atoms with Gasteiger partial charge in [0.15, 0.2) is 0 Å². The number of hydrogen-bond donors (Lipinski definition) is 1. The summed E-state index contributed by atoms with van der Waals surface area (Å²) < 4.78 is 5.01. The van der Waals surface area contributed by atoms with Crippen molar-refractivity contribution in [1.82, 2.24) is 10.1 Å². The van der Waals surface area contributed by atoms with E-state index in [1.54, 1.807) is 0 Å². The molecule has 5 nitrogen and oxygen atoms in total. The van der Waals surface area contributed by atoms with Crippen molar-refractivity contribution in [3.63, 3.8) is 0 Å². The van der Waals surface area contributed by atoms with Gasteiger partial charge in [-0.05, 0) is 27.7 Å². The normalized spacial score (nSPS) is 12.1. The van der Waals surface area contributed by atoms with Gasteiger partial charge in [0.25, 0.3) is 0 Å². The van der Waals surface area contributed by atoms with Crippen LogP contribution in [0.15, 0.2) is 10.6 Å². The Bertz CT molecular complexity index is 379. The summed E-state index contributed by atoms with van der Waals surface area (Å²) in [5.74, 6) is -0.0114. The molecular formula is C12H20N2O3. The van der Waals surface area contributed by atoms with Gasteiger partial charge in [-0.1, -0.05) is 5.16 Å². The van der Waals surface area contributed by atoms with E-state index >= 15 is 0 Å². The second-order valence-electron chi connectivity index (χ2n) is 5.17. The Morgan fingerprint density at radius 3 is 2.59 bits per heavy atom. The maximum Gasteiger partial charge on any atom is 0.304 e. The predicted octanol–water partition coefficient (Wildman–Crippen LogP) is 2.06. The lowest BCUT2D eigenvalue weighted by atomic mass is 10.1. The van der Waals surface area contributed by atoms with Crippen molar-refractivity contribution in [1.29, 1.82) is 0 Å². The van der Waals surface area contributed by atoms with Crippen LogP contribution in [-0.2, 0) is 11.3 Å². The lowest BCUT2D eigenvalue weighted by Gasteiger charge is -2.34. The number of aliphatic carboxylic acids is 1. The molecule has 1 aromatic heterocycles. The molecule has 0 atom stereocenters. The van der Waals surface area contributed by atoms with Crippen molar-refractivity contribution in [2.75, 3.05) is 6.54 Å². The summed E-state index contributed by atoms with van der Waals surface area (Å²) in [4.78, 5) is 12.7. The second kappa shape index (κ2) is 5.31. The van der Waals surface area contributed by atoms with E-state index in [0.29, 0.717) is 13.1 Å². The topological polar surface area (TPSA) is 66.6 Å². The quantitative estimate of drug-likeness (QED) is 0.853. The van der Waals surface area contributed by atoms with Crippen LogP contribution in [0.3, 0.4) is 0 Å². The van der Waals surface area contributed by atoms with Gasteiger partial charge in [-0.2, -0.15) is 0 Å². The number of hydrogen-bond acceptors (Lipinski definition) is 4. The fourth-order valence-corrected chi connectivity index (χ4v) is 1.57. The van der Waals surface area contributed by atoms with Crippen molar-refractivity contribution in [3.8, 4) is 0 Å². The third-order valence-electron chi connectivity index (χ3n) is 2.57. The molecule has 1 heterocycles. The highest BCUT2D eigenvalue weighted by Crippen LogP contribution is 2.17. The van der Waals surface area contributed by atoms with E-state index in [1.807, 2.05) is 13.0 Å². The molecule has 0 aliphatic carbocycles. The van der Waals surface area contributed by atoms with Crippen molar-refractivity contribution in [3.05, 3.63) is 17.5 Å². The van der Waals surface area contributed by atoms with Crippen molar-refractivity contribution >= 4 is 5.97 Å². The lowest BCUT2D eigenvalue weighted by Crippen LogP contribution is -2.42. The highest BCUT2D eigenvalue weighted by molar-refractivity contribution is 5.66. The first-order chi connectivity index (χ1) is 7.79. The minimum absolute atomic E-state index is 0.0949. The SMILES string of the molecule is Cc1cc(CN(CCC(=O)O)C(C)(C)C)no1. The van der Waals surface area contributed by atoms with Crippen LogP contribution in [0, 0.1) is 6.92 Å². The van der Waals surface area contributed by atoms with E-state index < -0.39 is 5.97 Å². The van der Waals surface area contributed by atoms with Gasteiger partial charge in [0.1, 0.15) is 5.76 Å². The highest BCUT2D eigenvalue weighted by atomic mass is 16.5. The maximum atomic E-state index is 10.6. The zero-order chi connectivity index (χ0) is 13.1. The van der Waals surface area contributed by atoms with Gasteiger partial charge in [0, 0.05) is 24.7 Å². The second-order valence-corrected chi connectivity index (χ2v) is 5.17. The fraction of sp³-hybridized carbons (Fsp3) is 0.667. The molecule has 0 aliphatic heterocycles. The standard InChI is InChI=1S/C12H20N2O3/c1-9-7-10(13-17-9)8-14(12(2,3)4)6-5-11(15)16/h7H,5-6,8H2,1-4H3,(H,15,16). The molecule has 17 heavy (non-hydrogen) atoms. The smallest absolute Gasteiger partial charge is 0.304 e. The summed E-state index contributed by atoms with van der Waals surface area (Å²) in [7, 11) is 0. The summed E-state index contributed by atoms with van der Waals surface area (Å²) in [5, 5.41) is 12.7. The summed E-state index contributed by atoms with van der Waals surface area (Å²) >= 11 is 0. The number of aryl methyl sites for hydroxylation is 1. The largest absolute Gasteiger partial charge is 0.481 e. The Hall–Kier alpha value is -1.36. The average molecular weight is 240 g/mol. The van der Waals surface area contributed by atoms with Crippen molar-refractivity contribution < 1.29 is 14.4 Å². The van der Waals surface area contributed by atoms with Gasteiger partial charge in [-0.3, -0.25) is 9.69 Å². The number of carboxylic acid groups (broad SMARTS) is 1. The average Bonchev–Trinajstić information content (AvgIpc) is 2.56. The molecule has 1 rings (SSSR count). The van der Waals surface area contributed by atoms with E-state index in [4.69, 9.17) is 9.63 Å². The number of aromatic nitrogens is 1. The molecule has 1 N–H and O–H groups in total. The van der Waals surface area contributed by atoms with Gasteiger partial charge >= 0.3 is 5.97 Å². The summed E-state index contributed by atoms with van der Waals surface area (Å²) in [6.45, 7) is 9.12. The zero-order valence-corrected chi connectivity index (χ0v) is 10.9. The first-order valence-corrected chi connectivity index (χ1v) is 5.68. The molecule has 96 valence electrons. The summed E-state index contributed by atoms with van der Waals surface area (Å²) in [6, 6.07) is 1.87. The third kappa shape index (κ3) is 4.56. The molecule has 0 bridgehead atoms. The van der Waals surface area contributed by atoms with E-state index in [-0.39, 0.29) is 12.0 Å². The Kier molecular flexibility index (Phi) is 4.28. The Balaban J connectivity index is 2.67. The maximum absolute atomic E-state index is 10.6. The first-order valence-electron chi connectivity index (χ1n) is 5.68. The van der Waals surface area contributed by atoms with Gasteiger partial charge in [-0.25, -0.2) is 0 Å². The number of nitrogens with zero attached hydrogens (tertiary/aromatic N) is 2. The Labute approximate surface area is 101 Å². The van der Waals surface area contributed by atoms with E-state index in [0.717, 1.165) is 11.5 Å². The molecule has 0 saturated heterocycles. The Morgan fingerprint density at radius 1 is 1.53 bits per heavy atom. The molecule has 0 saturated carbocycles. The molecule has 0 fully saturated rings. The molecule has 0 unspecified atom stereocenters. The van der Waals surface area contributed by atoms with E-state index in [2.05, 4.69) is 30.8 Å². The monoisotopic (exact) mass is 240 g/mol. The van der Waals surface area contributed by atoms with Crippen molar-refractivity contribution in [2.24, 2.45) is 0 Å². The van der Waals surface area contributed by atoms with Gasteiger partial charge in [0.05, 0.1) is 12.1 Å². The Morgan fingerprint density at radius 2 is 2.18 bits per heavy atom. The minimum Gasteiger partial charge on any atom is -0.481 e. The number of carbonyl (C=O) groups is 1. The van der Waals surface area contributed by atoms with Gasteiger partial charge < -0.3 is 9.63 Å². The molecule has 5 heteroatoms. The fourth-order valence-electron chi connectivity index (χ4n) is 1.57. The zero-order valence-electron chi connectivity index (χ0n) is 10.9. The van der Waals surface area contributed by atoms with Crippen molar-refractivity contribution in [2.45, 2.75) is 46.2 Å². The van der Waals surface area contributed by atoms with Crippen LogP contribution >= 0.6 is 0 Å². The summed E-state index contributed by atoms with van der Waals surface area (Å²) in [5.41, 5.74) is 0.741. The van der Waals surface area contributed by atoms with Crippen LogP contribution < -0.4 is 0 Å². The van der Waals surface area contributed by atoms with E-state index in [9.17, 15) is 4.79 Å². The van der Waals surface area contributed by atoms with Gasteiger partial charge in [-0.15, -0.1) is 0 Å². The number of carboxylic acids is 1. The highest BCUT2D eigenvalue weighted by Gasteiger charge is 2.23. The molecular weight excluding hydrogens is 220 g/mol. The number of rotatable bonds is 5. The molecule has 0 aliphatic rings. The van der Waals surface area contributed by atoms with Crippen LogP contribution in [0.25, 0.3) is 0 Å². The van der Waals surface area contributed by atoms with E-state index in [1.165, 1.54) is 0 Å². The molecule has 0 spiro atoms. The van der Waals surface area contributed by atoms with Crippen LogP contribution in [0.1, 0.15) is 38.6 Å². The molecule has 0 amide bonds. The molecule has 0 radical (unpaired) electrons. The molecule has 1 aromatic rings. The summed E-state index contributed by atoms with van der Waals surface area (Å²) in [6.07, 6.45) is 0.133. The molecule has 0 aromatic carbocycles.